The lowest BCUT2D eigenvalue weighted by Gasteiger charge is -2.06. The van der Waals surface area contributed by atoms with Gasteiger partial charge < -0.3 is 9.47 Å². The monoisotopic (exact) mass is 360 g/mol. The zero-order valence-corrected chi connectivity index (χ0v) is 14.9. The molecule has 0 saturated heterocycles. The first-order chi connectivity index (χ1) is 11.7. The van der Waals surface area contributed by atoms with Crippen LogP contribution in [0.3, 0.4) is 0 Å². The van der Waals surface area contributed by atoms with Gasteiger partial charge in [-0.3, -0.25) is 10.1 Å². The quantitative estimate of drug-likeness (QED) is 0.672. The number of hydrogen-bond donors (Lipinski definition) is 1. The number of thiazole rings is 1. The van der Waals surface area contributed by atoms with Crippen LogP contribution in [0.25, 0.3) is 10.2 Å². The van der Waals surface area contributed by atoms with E-state index in [1.165, 1.54) is 11.3 Å². The van der Waals surface area contributed by atoms with E-state index >= 15 is 0 Å². The highest BCUT2D eigenvalue weighted by molar-refractivity contribution is 7.98. The number of carbonyl (C=O) groups is 1. The Kier molecular flexibility index (Phi) is 5.22. The predicted octanol–water partition coefficient (Wildman–Crippen LogP) is 4.04. The van der Waals surface area contributed by atoms with Crippen molar-refractivity contribution in [2.75, 3.05) is 25.3 Å². The van der Waals surface area contributed by atoms with E-state index < -0.39 is 0 Å². The first-order valence-electron chi connectivity index (χ1n) is 7.20. The Balaban J connectivity index is 1.62. The van der Waals surface area contributed by atoms with Crippen LogP contribution in [0.15, 0.2) is 47.4 Å². The number of nitrogens with zero attached hydrogens (tertiary/aromatic N) is 1. The number of methoxy groups -OCH3 is 1. The van der Waals surface area contributed by atoms with Gasteiger partial charge in [0, 0.05) is 4.90 Å². The van der Waals surface area contributed by atoms with Gasteiger partial charge in [0.2, 0.25) is 0 Å². The Morgan fingerprint density at radius 3 is 2.67 bits per heavy atom. The molecule has 5 nitrogen and oxygen atoms in total. The van der Waals surface area contributed by atoms with E-state index in [1.807, 2.05) is 24.5 Å². The first-order valence-corrected chi connectivity index (χ1v) is 9.24. The number of amides is 1. The number of aromatic nitrogens is 1. The zero-order chi connectivity index (χ0) is 16.9. The van der Waals surface area contributed by atoms with E-state index in [9.17, 15) is 4.79 Å². The molecule has 2 aromatic carbocycles. The summed E-state index contributed by atoms with van der Waals surface area (Å²) in [7, 11) is 1.60. The van der Waals surface area contributed by atoms with Crippen LogP contribution in [0.1, 0.15) is 0 Å². The lowest BCUT2D eigenvalue weighted by Crippen LogP contribution is -2.19. The van der Waals surface area contributed by atoms with Crippen molar-refractivity contribution < 1.29 is 14.3 Å². The molecule has 1 heterocycles. The minimum atomic E-state index is -0.240. The minimum absolute atomic E-state index is 0.0718. The first kappa shape index (κ1) is 16.6. The highest BCUT2D eigenvalue weighted by Gasteiger charge is 2.10. The molecule has 0 bridgehead atoms. The lowest BCUT2D eigenvalue weighted by molar-refractivity contribution is -0.118. The molecule has 0 radical (unpaired) electrons. The molecule has 0 atom stereocenters. The Bertz CT molecular complexity index is 847. The minimum Gasteiger partial charge on any atom is -0.497 e. The van der Waals surface area contributed by atoms with Gasteiger partial charge in [0.25, 0.3) is 5.91 Å². The molecule has 1 N–H and O–H groups in total. The van der Waals surface area contributed by atoms with Gasteiger partial charge in [-0.2, -0.15) is 0 Å². The van der Waals surface area contributed by atoms with Crippen molar-refractivity contribution in [3.8, 4) is 11.5 Å². The summed E-state index contributed by atoms with van der Waals surface area (Å²) >= 11 is 3.09. The fourth-order valence-electron chi connectivity index (χ4n) is 2.12. The van der Waals surface area contributed by atoms with Crippen LogP contribution in [0.4, 0.5) is 5.13 Å². The molecular weight excluding hydrogens is 344 g/mol. The van der Waals surface area contributed by atoms with Crippen LogP contribution in [0.5, 0.6) is 11.5 Å². The second-order valence-corrected chi connectivity index (χ2v) is 6.72. The van der Waals surface area contributed by atoms with Crippen molar-refractivity contribution >= 4 is 44.4 Å². The standard InChI is InChI=1S/C17H16N2O3S2/c1-21-11-6-8-12(9-7-11)22-10-15(20)18-17-19-16-13(23-2)4-3-5-14(16)24-17/h3-9H,10H2,1-2H3,(H,18,19,20). The summed E-state index contributed by atoms with van der Waals surface area (Å²) in [5.74, 6) is 1.11. The summed E-state index contributed by atoms with van der Waals surface area (Å²) < 4.78 is 11.6. The number of fused-ring (bicyclic) bond motifs is 1. The van der Waals surface area contributed by atoms with Crippen LogP contribution in [-0.2, 0) is 4.79 Å². The Morgan fingerprint density at radius 1 is 1.21 bits per heavy atom. The SMILES string of the molecule is COc1ccc(OCC(=O)Nc2nc3c(SC)cccc3s2)cc1. The molecule has 3 aromatic rings. The van der Waals surface area contributed by atoms with Crippen LogP contribution < -0.4 is 14.8 Å². The second kappa shape index (κ2) is 7.55. The van der Waals surface area contributed by atoms with Crippen molar-refractivity contribution in [3.05, 3.63) is 42.5 Å². The number of para-hydroxylation sites is 1. The molecule has 0 unspecified atom stereocenters. The van der Waals surface area contributed by atoms with Crippen molar-refractivity contribution in [3.63, 3.8) is 0 Å². The van der Waals surface area contributed by atoms with Crippen LogP contribution in [0, 0.1) is 0 Å². The Hall–Kier alpha value is -2.25. The average molecular weight is 360 g/mol. The summed E-state index contributed by atoms with van der Waals surface area (Å²) in [6, 6.07) is 13.1. The number of ether oxygens (including phenoxy) is 2. The van der Waals surface area contributed by atoms with Gasteiger partial charge in [-0.05, 0) is 42.7 Å². The van der Waals surface area contributed by atoms with Gasteiger partial charge in [-0.25, -0.2) is 4.98 Å². The molecule has 3 rings (SSSR count). The molecule has 0 aliphatic carbocycles. The van der Waals surface area contributed by atoms with E-state index in [1.54, 1.807) is 43.1 Å². The van der Waals surface area contributed by atoms with E-state index in [0.717, 1.165) is 20.9 Å². The normalized spacial score (nSPS) is 10.6. The number of thioether (sulfide) groups is 1. The molecule has 1 amide bonds. The third-order valence-corrected chi connectivity index (χ3v) is 4.98. The average Bonchev–Trinajstić information content (AvgIpc) is 3.02. The van der Waals surface area contributed by atoms with Crippen LogP contribution in [-0.4, -0.2) is 30.9 Å². The summed E-state index contributed by atoms with van der Waals surface area (Å²) in [5.41, 5.74) is 0.918. The van der Waals surface area contributed by atoms with Crippen molar-refractivity contribution in [2.24, 2.45) is 0 Å². The molecule has 0 fully saturated rings. The summed E-state index contributed by atoms with van der Waals surface area (Å²) in [6.07, 6.45) is 2.01. The fourth-order valence-corrected chi connectivity index (χ4v) is 3.65. The molecule has 124 valence electrons. The molecular formula is C17H16N2O3S2. The van der Waals surface area contributed by atoms with Gasteiger partial charge in [0.15, 0.2) is 11.7 Å². The second-order valence-electron chi connectivity index (χ2n) is 4.84. The van der Waals surface area contributed by atoms with E-state index in [4.69, 9.17) is 9.47 Å². The smallest absolute Gasteiger partial charge is 0.264 e. The maximum Gasteiger partial charge on any atom is 0.264 e. The molecule has 7 heteroatoms. The summed E-state index contributed by atoms with van der Waals surface area (Å²) in [5, 5.41) is 3.36. The largest absolute Gasteiger partial charge is 0.497 e. The van der Waals surface area contributed by atoms with Gasteiger partial charge in [-0.1, -0.05) is 17.4 Å². The highest BCUT2D eigenvalue weighted by atomic mass is 32.2. The van der Waals surface area contributed by atoms with Crippen molar-refractivity contribution in [1.29, 1.82) is 0 Å². The summed E-state index contributed by atoms with van der Waals surface area (Å²) in [6.45, 7) is -0.0718. The maximum atomic E-state index is 12.0. The van der Waals surface area contributed by atoms with Crippen LogP contribution in [0.2, 0.25) is 0 Å². The zero-order valence-electron chi connectivity index (χ0n) is 13.2. The number of nitrogens with one attached hydrogen (secondary N) is 1. The number of anilines is 1. The number of hydrogen-bond acceptors (Lipinski definition) is 6. The van der Waals surface area contributed by atoms with Crippen molar-refractivity contribution in [1.82, 2.24) is 4.98 Å². The predicted molar refractivity (Wildman–Crippen MR) is 98.5 cm³/mol. The lowest BCUT2D eigenvalue weighted by atomic mass is 10.3. The van der Waals surface area contributed by atoms with E-state index in [-0.39, 0.29) is 12.5 Å². The maximum absolute atomic E-state index is 12.0. The topological polar surface area (TPSA) is 60.5 Å². The summed E-state index contributed by atoms with van der Waals surface area (Å²) in [4.78, 5) is 17.6. The third-order valence-electron chi connectivity index (χ3n) is 3.28. The fraction of sp³-hybridized carbons (Fsp3) is 0.176. The molecule has 24 heavy (non-hydrogen) atoms. The van der Waals surface area contributed by atoms with E-state index in [2.05, 4.69) is 10.3 Å². The molecule has 0 saturated carbocycles. The number of carbonyl (C=O) groups excluding carboxylic acids is 1. The third kappa shape index (κ3) is 3.80. The van der Waals surface area contributed by atoms with Gasteiger partial charge in [0.05, 0.1) is 17.3 Å². The molecule has 0 aliphatic heterocycles. The van der Waals surface area contributed by atoms with E-state index in [0.29, 0.717) is 10.9 Å². The van der Waals surface area contributed by atoms with Gasteiger partial charge in [-0.15, -0.1) is 11.8 Å². The Morgan fingerprint density at radius 2 is 1.96 bits per heavy atom. The molecule has 0 spiro atoms. The van der Waals surface area contributed by atoms with Crippen molar-refractivity contribution in [2.45, 2.75) is 4.90 Å². The van der Waals surface area contributed by atoms with Gasteiger partial charge >= 0.3 is 0 Å². The van der Waals surface area contributed by atoms with Gasteiger partial charge in [0.1, 0.15) is 11.5 Å². The number of benzene rings is 2. The molecule has 1 aromatic heterocycles. The van der Waals surface area contributed by atoms with Crippen LogP contribution >= 0.6 is 23.1 Å². The molecule has 0 aliphatic rings. The highest BCUT2D eigenvalue weighted by Crippen LogP contribution is 2.32. The number of rotatable bonds is 6. The Labute approximate surface area is 148 Å².